The molecular formula is C37H28N2O4. The van der Waals surface area contributed by atoms with E-state index in [-0.39, 0.29) is 13.2 Å². The van der Waals surface area contributed by atoms with Gasteiger partial charge < -0.3 is 9.47 Å². The van der Waals surface area contributed by atoms with Gasteiger partial charge in [-0.1, -0.05) is 92.0 Å². The first-order valence-electron chi connectivity index (χ1n) is 13.8. The smallest absolute Gasteiger partial charge is 0.330 e. The van der Waals surface area contributed by atoms with Crippen molar-refractivity contribution in [3.05, 3.63) is 145 Å². The fraction of sp³-hybridized carbons (Fsp3) is 0.0541. The van der Waals surface area contributed by atoms with Gasteiger partial charge in [-0.2, -0.15) is 5.10 Å². The number of anilines is 2. The molecule has 210 valence electrons. The van der Waals surface area contributed by atoms with Crippen LogP contribution in [0.5, 0.6) is 0 Å². The highest BCUT2D eigenvalue weighted by Gasteiger charge is 2.12. The first kappa shape index (κ1) is 27.4. The fourth-order valence-corrected chi connectivity index (χ4v) is 5.17. The molecule has 6 heteroatoms. The molecule has 0 amide bonds. The summed E-state index contributed by atoms with van der Waals surface area (Å²) in [6, 6.07) is 34.6. The highest BCUT2D eigenvalue weighted by atomic mass is 16.5. The number of ether oxygens (including phenoxy) is 2. The number of carbonyl (C=O) groups is 2. The van der Waals surface area contributed by atoms with Crippen LogP contribution in [0, 0.1) is 0 Å². The fourth-order valence-electron chi connectivity index (χ4n) is 5.17. The van der Waals surface area contributed by atoms with Gasteiger partial charge in [0.1, 0.15) is 13.2 Å². The lowest BCUT2D eigenvalue weighted by atomic mass is 9.92. The third-order valence-electron chi connectivity index (χ3n) is 7.33. The Kier molecular flexibility index (Phi) is 7.66. The van der Waals surface area contributed by atoms with E-state index >= 15 is 0 Å². The third kappa shape index (κ3) is 5.72. The number of hydrogen-bond acceptors (Lipinski definition) is 6. The molecular weight excluding hydrogens is 536 g/mol. The van der Waals surface area contributed by atoms with Crippen LogP contribution < -0.4 is 5.01 Å². The van der Waals surface area contributed by atoms with Crippen molar-refractivity contribution in [2.75, 3.05) is 5.01 Å². The first-order chi connectivity index (χ1) is 21.0. The van der Waals surface area contributed by atoms with Gasteiger partial charge in [0.15, 0.2) is 0 Å². The lowest BCUT2D eigenvalue weighted by molar-refractivity contribution is -0.139. The van der Waals surface area contributed by atoms with Crippen molar-refractivity contribution in [1.29, 1.82) is 0 Å². The SMILES string of the molecule is C=CC(=O)OCc1ccc(N(N=Cc2ccc3ccc4cccc5ccc2c3c45)c2ccc(COC(=O)C=C)cc2)cc1. The zero-order valence-corrected chi connectivity index (χ0v) is 23.4. The van der Waals surface area contributed by atoms with Gasteiger partial charge in [-0.05, 0) is 67.7 Å². The van der Waals surface area contributed by atoms with Crippen LogP contribution in [-0.4, -0.2) is 18.2 Å². The Morgan fingerprint density at radius 1 is 0.628 bits per heavy atom. The summed E-state index contributed by atoms with van der Waals surface area (Å²) in [7, 11) is 0. The van der Waals surface area contributed by atoms with Crippen molar-refractivity contribution in [3.8, 4) is 0 Å². The highest BCUT2D eigenvalue weighted by molar-refractivity contribution is 6.25. The Bertz CT molecular complexity index is 1910. The Hall–Kier alpha value is -5.75. The van der Waals surface area contributed by atoms with Gasteiger partial charge in [0.2, 0.25) is 0 Å². The molecule has 6 aromatic rings. The summed E-state index contributed by atoms with van der Waals surface area (Å²) >= 11 is 0. The minimum atomic E-state index is -0.470. The maximum absolute atomic E-state index is 11.5. The van der Waals surface area contributed by atoms with Crippen molar-refractivity contribution in [3.63, 3.8) is 0 Å². The molecule has 0 bridgehead atoms. The molecule has 0 unspecified atom stereocenters. The predicted molar refractivity (Wildman–Crippen MR) is 173 cm³/mol. The number of benzene rings is 6. The second-order valence-corrected chi connectivity index (χ2v) is 10.0. The molecule has 6 nitrogen and oxygen atoms in total. The van der Waals surface area contributed by atoms with E-state index < -0.39 is 11.9 Å². The van der Waals surface area contributed by atoms with Crippen molar-refractivity contribution in [2.24, 2.45) is 5.10 Å². The van der Waals surface area contributed by atoms with Crippen LogP contribution in [0.25, 0.3) is 32.3 Å². The number of rotatable bonds is 10. The van der Waals surface area contributed by atoms with Gasteiger partial charge in [0, 0.05) is 17.7 Å². The zero-order chi connectivity index (χ0) is 29.8. The molecule has 0 radical (unpaired) electrons. The largest absolute Gasteiger partial charge is 0.458 e. The van der Waals surface area contributed by atoms with Crippen LogP contribution in [0.1, 0.15) is 16.7 Å². The summed E-state index contributed by atoms with van der Waals surface area (Å²) in [5.74, 6) is -0.940. The number of nitrogens with zero attached hydrogens (tertiary/aromatic N) is 2. The lowest BCUT2D eigenvalue weighted by Crippen LogP contribution is -2.10. The van der Waals surface area contributed by atoms with Crippen LogP contribution in [0.15, 0.2) is 134 Å². The Morgan fingerprint density at radius 2 is 1.12 bits per heavy atom. The average Bonchev–Trinajstić information content (AvgIpc) is 3.06. The van der Waals surface area contributed by atoms with Gasteiger partial charge >= 0.3 is 11.9 Å². The summed E-state index contributed by atoms with van der Waals surface area (Å²) in [4.78, 5) is 23.0. The van der Waals surface area contributed by atoms with E-state index in [1.807, 2.05) is 59.8 Å². The summed E-state index contributed by atoms with van der Waals surface area (Å²) < 4.78 is 10.4. The van der Waals surface area contributed by atoms with E-state index in [0.717, 1.165) is 45.6 Å². The van der Waals surface area contributed by atoms with Gasteiger partial charge in [0.05, 0.1) is 17.6 Å². The average molecular weight is 565 g/mol. The van der Waals surface area contributed by atoms with Crippen molar-refractivity contribution >= 4 is 61.8 Å². The summed E-state index contributed by atoms with van der Waals surface area (Å²) in [6.45, 7) is 7.17. The van der Waals surface area contributed by atoms with Gasteiger partial charge in [-0.15, -0.1) is 0 Å². The number of hydrazone groups is 1. The summed E-state index contributed by atoms with van der Waals surface area (Å²) in [5, 5.41) is 14.0. The molecule has 0 aliphatic rings. The highest BCUT2D eigenvalue weighted by Crippen LogP contribution is 2.36. The van der Waals surface area contributed by atoms with E-state index in [2.05, 4.69) is 67.8 Å². The number of hydrogen-bond donors (Lipinski definition) is 0. The Morgan fingerprint density at radius 3 is 1.65 bits per heavy atom. The monoisotopic (exact) mass is 564 g/mol. The van der Waals surface area contributed by atoms with Gasteiger partial charge in [0.25, 0.3) is 0 Å². The molecule has 0 N–H and O–H groups in total. The summed E-state index contributed by atoms with van der Waals surface area (Å²) in [6.07, 6.45) is 4.17. The summed E-state index contributed by atoms with van der Waals surface area (Å²) in [5.41, 5.74) is 4.32. The van der Waals surface area contributed by atoms with Crippen molar-refractivity contribution < 1.29 is 19.1 Å². The quantitative estimate of drug-likeness (QED) is 0.0551. The van der Waals surface area contributed by atoms with E-state index in [4.69, 9.17) is 14.6 Å². The maximum Gasteiger partial charge on any atom is 0.330 e. The van der Waals surface area contributed by atoms with Crippen LogP contribution in [0.2, 0.25) is 0 Å². The molecule has 0 heterocycles. The predicted octanol–water partition coefficient (Wildman–Crippen LogP) is 8.21. The normalized spacial score (nSPS) is 11.3. The molecule has 0 fully saturated rings. The topological polar surface area (TPSA) is 68.2 Å². The van der Waals surface area contributed by atoms with E-state index in [9.17, 15) is 9.59 Å². The number of esters is 2. The number of carbonyl (C=O) groups excluding carboxylic acids is 2. The molecule has 0 aliphatic carbocycles. The molecule has 0 aliphatic heterocycles. The third-order valence-corrected chi connectivity index (χ3v) is 7.33. The Balaban J connectivity index is 1.37. The molecule has 0 saturated heterocycles. The van der Waals surface area contributed by atoms with E-state index in [0.29, 0.717) is 0 Å². The van der Waals surface area contributed by atoms with Crippen LogP contribution in [0.4, 0.5) is 11.4 Å². The lowest BCUT2D eigenvalue weighted by Gasteiger charge is -2.20. The molecule has 6 aromatic carbocycles. The molecule has 0 spiro atoms. The second-order valence-electron chi connectivity index (χ2n) is 10.0. The molecule has 0 atom stereocenters. The van der Waals surface area contributed by atoms with Crippen LogP contribution in [0.3, 0.4) is 0 Å². The van der Waals surface area contributed by atoms with Crippen molar-refractivity contribution in [1.82, 2.24) is 0 Å². The van der Waals surface area contributed by atoms with E-state index in [1.165, 1.54) is 26.9 Å². The van der Waals surface area contributed by atoms with Gasteiger partial charge in [-0.25, -0.2) is 14.6 Å². The van der Waals surface area contributed by atoms with Crippen molar-refractivity contribution in [2.45, 2.75) is 13.2 Å². The van der Waals surface area contributed by atoms with Crippen LogP contribution >= 0.6 is 0 Å². The zero-order valence-electron chi connectivity index (χ0n) is 23.4. The minimum absolute atomic E-state index is 0.148. The first-order valence-corrected chi connectivity index (χ1v) is 13.8. The molecule has 0 saturated carbocycles. The maximum atomic E-state index is 11.5. The second kappa shape index (κ2) is 12.0. The minimum Gasteiger partial charge on any atom is -0.458 e. The Labute approximate surface area is 249 Å². The molecule has 6 rings (SSSR count). The molecule has 43 heavy (non-hydrogen) atoms. The van der Waals surface area contributed by atoms with Gasteiger partial charge in [-0.3, -0.25) is 0 Å². The van der Waals surface area contributed by atoms with Crippen LogP contribution in [-0.2, 0) is 32.3 Å². The standard InChI is InChI=1S/C37H28N2O4/c1-3-34(40)42-23-25-8-17-31(18-9-25)39(32-19-10-26(11-20-32)24-43-35(41)4-2)38-22-30-15-14-29-13-12-27-6-5-7-28-16-21-33(30)37(29)36(27)28/h3-22H,1-2,23-24H2. The molecule has 0 aromatic heterocycles. The van der Waals surface area contributed by atoms with E-state index in [1.54, 1.807) is 0 Å².